The first kappa shape index (κ1) is 26.6. The van der Waals surface area contributed by atoms with Gasteiger partial charge in [-0.3, -0.25) is 4.79 Å². The van der Waals surface area contributed by atoms with Crippen LogP contribution in [0.5, 0.6) is 23.0 Å². The molecule has 1 saturated heterocycles. The molecule has 0 aliphatic carbocycles. The summed E-state index contributed by atoms with van der Waals surface area (Å²) in [6.07, 6.45) is 0.863. The molecule has 3 rings (SSSR count). The number of amides is 1. The highest BCUT2D eigenvalue weighted by Crippen LogP contribution is 2.29. The van der Waals surface area contributed by atoms with Crippen LogP contribution in [0.15, 0.2) is 36.4 Å². The third kappa shape index (κ3) is 7.70. The fraction of sp³-hybridized carbons (Fsp3) is 0.458. The molecule has 182 valence electrons. The summed E-state index contributed by atoms with van der Waals surface area (Å²) in [7, 11) is 4.87. The van der Waals surface area contributed by atoms with E-state index in [4.69, 9.17) is 23.7 Å². The highest BCUT2D eigenvalue weighted by atomic mass is 35.5. The number of carbonyl (C=O) groups excluding carboxylic acids is 1. The van der Waals surface area contributed by atoms with Crippen molar-refractivity contribution in [2.24, 2.45) is 0 Å². The van der Waals surface area contributed by atoms with Gasteiger partial charge in [0.05, 0.1) is 34.5 Å². The van der Waals surface area contributed by atoms with Gasteiger partial charge in [-0.15, -0.1) is 12.4 Å². The van der Waals surface area contributed by atoms with Gasteiger partial charge < -0.3 is 33.9 Å². The number of nitrogens with one attached hydrogen (secondary N) is 1. The SMILES string of the molecule is COc1ccc(CCNCc2ccc(OCC(=O)N3CCOCC3)c(OC)c2)cc1OC.Cl. The minimum atomic E-state index is -0.0451. The first-order valence-corrected chi connectivity index (χ1v) is 10.7. The molecule has 8 nitrogen and oxygen atoms in total. The van der Waals surface area contributed by atoms with Gasteiger partial charge in [-0.05, 0) is 48.4 Å². The first-order chi connectivity index (χ1) is 15.6. The Labute approximate surface area is 201 Å². The minimum Gasteiger partial charge on any atom is -0.493 e. The molecule has 9 heteroatoms. The van der Waals surface area contributed by atoms with Crippen molar-refractivity contribution >= 4 is 18.3 Å². The van der Waals surface area contributed by atoms with Gasteiger partial charge in [-0.1, -0.05) is 12.1 Å². The molecule has 1 aliphatic rings. The molecule has 0 spiro atoms. The van der Waals surface area contributed by atoms with Crippen LogP contribution >= 0.6 is 12.4 Å². The molecular formula is C24H33ClN2O6. The van der Waals surface area contributed by atoms with Gasteiger partial charge in [0.1, 0.15) is 0 Å². The van der Waals surface area contributed by atoms with Crippen LogP contribution in [0.2, 0.25) is 0 Å². The number of benzene rings is 2. The lowest BCUT2D eigenvalue weighted by atomic mass is 10.1. The van der Waals surface area contributed by atoms with Gasteiger partial charge in [0, 0.05) is 19.6 Å². The Balaban J connectivity index is 0.00000385. The molecule has 0 saturated carbocycles. The fourth-order valence-corrected chi connectivity index (χ4v) is 3.49. The summed E-state index contributed by atoms with van der Waals surface area (Å²) in [5.74, 6) is 2.58. The zero-order chi connectivity index (χ0) is 22.8. The van der Waals surface area contributed by atoms with Crippen molar-refractivity contribution in [1.29, 1.82) is 0 Å². The fourth-order valence-electron chi connectivity index (χ4n) is 3.49. The Bertz CT molecular complexity index is 889. The Morgan fingerprint density at radius 3 is 2.21 bits per heavy atom. The maximum Gasteiger partial charge on any atom is 0.260 e. The van der Waals surface area contributed by atoms with Gasteiger partial charge in [0.2, 0.25) is 0 Å². The summed E-state index contributed by atoms with van der Waals surface area (Å²) < 4.78 is 27.1. The normalized spacial score (nSPS) is 13.1. The van der Waals surface area contributed by atoms with E-state index < -0.39 is 0 Å². The van der Waals surface area contributed by atoms with Crippen LogP contribution in [0, 0.1) is 0 Å². The summed E-state index contributed by atoms with van der Waals surface area (Å²) in [5, 5.41) is 3.44. The second-order valence-electron chi connectivity index (χ2n) is 7.38. The minimum absolute atomic E-state index is 0. The highest BCUT2D eigenvalue weighted by Gasteiger charge is 2.18. The predicted molar refractivity (Wildman–Crippen MR) is 128 cm³/mol. The second kappa shape index (κ2) is 13.8. The quantitative estimate of drug-likeness (QED) is 0.495. The van der Waals surface area contributed by atoms with Crippen molar-refractivity contribution in [2.45, 2.75) is 13.0 Å². The Hall–Kier alpha value is -2.68. The van der Waals surface area contributed by atoms with Crippen LogP contribution in [0.3, 0.4) is 0 Å². The van der Waals surface area contributed by atoms with E-state index in [-0.39, 0.29) is 24.9 Å². The van der Waals surface area contributed by atoms with E-state index in [0.29, 0.717) is 44.3 Å². The lowest BCUT2D eigenvalue weighted by Gasteiger charge is -2.26. The monoisotopic (exact) mass is 480 g/mol. The standard InChI is InChI=1S/C24H32N2O6.ClH/c1-28-20-6-4-18(14-22(20)29-2)8-9-25-16-19-5-7-21(23(15-19)30-3)32-17-24(27)26-10-12-31-13-11-26;/h4-7,14-15,25H,8-13,16-17H2,1-3H3;1H. The Kier molecular flexibility index (Phi) is 11.1. The molecule has 1 heterocycles. The molecule has 0 bridgehead atoms. The second-order valence-corrected chi connectivity index (χ2v) is 7.38. The van der Waals surface area contributed by atoms with Crippen LogP contribution in [-0.2, 0) is 22.5 Å². The number of carbonyl (C=O) groups is 1. The lowest BCUT2D eigenvalue weighted by Crippen LogP contribution is -2.43. The van der Waals surface area contributed by atoms with Crippen LogP contribution < -0.4 is 24.3 Å². The van der Waals surface area contributed by atoms with Gasteiger partial charge in [0.25, 0.3) is 5.91 Å². The molecule has 1 N–H and O–H groups in total. The van der Waals surface area contributed by atoms with Crippen LogP contribution in [0.1, 0.15) is 11.1 Å². The largest absolute Gasteiger partial charge is 0.493 e. The molecule has 0 aromatic heterocycles. The van der Waals surface area contributed by atoms with Gasteiger partial charge in [-0.25, -0.2) is 0 Å². The Morgan fingerprint density at radius 2 is 1.52 bits per heavy atom. The number of halogens is 1. The average molecular weight is 481 g/mol. The van der Waals surface area contributed by atoms with Gasteiger partial charge in [-0.2, -0.15) is 0 Å². The van der Waals surface area contributed by atoms with E-state index in [0.717, 1.165) is 30.0 Å². The van der Waals surface area contributed by atoms with Crippen molar-refractivity contribution in [1.82, 2.24) is 10.2 Å². The summed E-state index contributed by atoms with van der Waals surface area (Å²) >= 11 is 0. The van der Waals surface area contributed by atoms with E-state index in [9.17, 15) is 4.79 Å². The molecule has 1 amide bonds. The maximum atomic E-state index is 12.3. The summed E-state index contributed by atoms with van der Waals surface area (Å²) in [4.78, 5) is 14.0. The van der Waals surface area contributed by atoms with Gasteiger partial charge in [0.15, 0.2) is 29.6 Å². The maximum absolute atomic E-state index is 12.3. The number of nitrogens with zero attached hydrogens (tertiary/aromatic N) is 1. The summed E-state index contributed by atoms with van der Waals surface area (Å²) in [6, 6.07) is 11.7. The third-order valence-corrected chi connectivity index (χ3v) is 5.31. The van der Waals surface area contributed by atoms with Crippen molar-refractivity contribution in [3.63, 3.8) is 0 Å². The van der Waals surface area contributed by atoms with Crippen molar-refractivity contribution < 1.29 is 28.5 Å². The van der Waals surface area contributed by atoms with E-state index in [1.807, 2.05) is 36.4 Å². The first-order valence-electron chi connectivity index (χ1n) is 10.7. The number of methoxy groups -OCH3 is 3. The van der Waals surface area contributed by atoms with E-state index in [1.165, 1.54) is 5.56 Å². The average Bonchev–Trinajstić information content (AvgIpc) is 2.85. The van der Waals surface area contributed by atoms with E-state index in [2.05, 4.69) is 5.32 Å². The van der Waals surface area contributed by atoms with E-state index >= 15 is 0 Å². The van der Waals surface area contributed by atoms with Crippen molar-refractivity contribution in [2.75, 3.05) is 60.8 Å². The molecule has 2 aromatic rings. The van der Waals surface area contributed by atoms with Crippen molar-refractivity contribution in [3.8, 4) is 23.0 Å². The van der Waals surface area contributed by atoms with Crippen molar-refractivity contribution in [3.05, 3.63) is 47.5 Å². The smallest absolute Gasteiger partial charge is 0.260 e. The molecular weight excluding hydrogens is 448 g/mol. The number of rotatable bonds is 11. The molecule has 1 fully saturated rings. The van der Waals surface area contributed by atoms with E-state index in [1.54, 1.807) is 26.2 Å². The number of ether oxygens (including phenoxy) is 5. The topological polar surface area (TPSA) is 78.5 Å². The number of hydrogen-bond acceptors (Lipinski definition) is 7. The van der Waals surface area contributed by atoms with Crippen LogP contribution in [0.25, 0.3) is 0 Å². The Morgan fingerprint density at radius 1 is 0.909 bits per heavy atom. The van der Waals surface area contributed by atoms with Crippen LogP contribution in [-0.4, -0.2) is 71.6 Å². The third-order valence-electron chi connectivity index (χ3n) is 5.31. The number of morpholine rings is 1. The molecule has 33 heavy (non-hydrogen) atoms. The van der Waals surface area contributed by atoms with Gasteiger partial charge >= 0.3 is 0 Å². The highest BCUT2D eigenvalue weighted by molar-refractivity contribution is 5.85. The zero-order valence-corrected chi connectivity index (χ0v) is 20.2. The van der Waals surface area contributed by atoms with Crippen LogP contribution in [0.4, 0.5) is 0 Å². The lowest BCUT2D eigenvalue weighted by molar-refractivity contribution is -0.137. The molecule has 0 atom stereocenters. The molecule has 0 radical (unpaired) electrons. The molecule has 2 aromatic carbocycles. The predicted octanol–water partition coefficient (Wildman–Crippen LogP) is 2.70. The number of hydrogen-bond donors (Lipinski definition) is 1. The molecule has 0 unspecified atom stereocenters. The summed E-state index contributed by atoms with van der Waals surface area (Å²) in [6.45, 7) is 3.84. The summed E-state index contributed by atoms with van der Waals surface area (Å²) in [5.41, 5.74) is 2.24. The zero-order valence-electron chi connectivity index (χ0n) is 19.4. The molecule has 1 aliphatic heterocycles.